The third-order valence-electron chi connectivity index (χ3n) is 1.95. The van der Waals surface area contributed by atoms with E-state index in [9.17, 15) is 0 Å². The van der Waals surface area contributed by atoms with Crippen molar-refractivity contribution < 1.29 is 5.11 Å². The summed E-state index contributed by atoms with van der Waals surface area (Å²) in [5.41, 5.74) is 8.46. The summed E-state index contributed by atoms with van der Waals surface area (Å²) >= 11 is 0. The fourth-order valence-corrected chi connectivity index (χ4v) is 0.950. The summed E-state index contributed by atoms with van der Waals surface area (Å²) in [6, 6.07) is 3.46. The van der Waals surface area contributed by atoms with Crippen molar-refractivity contribution in [1.29, 1.82) is 0 Å². The summed E-state index contributed by atoms with van der Waals surface area (Å²) < 4.78 is 0. The van der Waals surface area contributed by atoms with Gasteiger partial charge in [-0.05, 0) is 25.5 Å². The average molecular weight is 166 g/mol. The van der Waals surface area contributed by atoms with Crippen molar-refractivity contribution in [3.8, 4) is 0 Å². The van der Waals surface area contributed by atoms with Crippen LogP contribution in [0.3, 0.4) is 0 Å². The topological polar surface area (TPSA) is 59.1 Å². The molecule has 0 aromatic carbocycles. The maximum absolute atomic E-state index is 8.78. The molecule has 1 aromatic heterocycles. The van der Waals surface area contributed by atoms with Crippen molar-refractivity contribution in [3.63, 3.8) is 0 Å². The Hall–Kier alpha value is -0.930. The molecule has 12 heavy (non-hydrogen) atoms. The van der Waals surface area contributed by atoms with Gasteiger partial charge in [-0.1, -0.05) is 6.07 Å². The third kappa shape index (κ3) is 1.81. The number of aromatic nitrogens is 1. The van der Waals surface area contributed by atoms with E-state index in [1.165, 1.54) is 0 Å². The lowest BCUT2D eigenvalue weighted by Crippen LogP contribution is -2.16. The predicted octanol–water partition coefficient (Wildman–Crippen LogP) is 0.691. The Morgan fingerprint density at radius 2 is 2.17 bits per heavy atom. The molecule has 1 unspecified atom stereocenters. The van der Waals surface area contributed by atoms with E-state index in [2.05, 4.69) is 4.98 Å². The molecule has 0 aliphatic rings. The van der Waals surface area contributed by atoms with Crippen molar-refractivity contribution in [1.82, 2.24) is 4.98 Å². The smallest absolute Gasteiger partial charge is 0.0705 e. The van der Waals surface area contributed by atoms with Crippen LogP contribution in [0.1, 0.15) is 23.0 Å². The van der Waals surface area contributed by atoms with Crippen molar-refractivity contribution in [2.24, 2.45) is 5.73 Å². The number of rotatable bonds is 2. The van der Waals surface area contributed by atoms with Crippen LogP contribution < -0.4 is 5.73 Å². The van der Waals surface area contributed by atoms with Crippen molar-refractivity contribution in [2.75, 3.05) is 6.61 Å². The minimum absolute atomic E-state index is 0.0600. The van der Waals surface area contributed by atoms with E-state index < -0.39 is 0 Å². The lowest BCUT2D eigenvalue weighted by atomic mass is 10.1. The first-order valence-corrected chi connectivity index (χ1v) is 3.95. The van der Waals surface area contributed by atoms with Gasteiger partial charge in [-0.2, -0.15) is 0 Å². The molecule has 0 saturated carbocycles. The standard InChI is InChI=1S/C9H14N2O/c1-6-3-4-9(8(10)5-12)11-7(6)2/h3-4,8,12H,5,10H2,1-2H3. The highest BCUT2D eigenvalue weighted by Gasteiger charge is 2.05. The molecule has 1 rings (SSSR count). The molecule has 0 radical (unpaired) electrons. The van der Waals surface area contributed by atoms with Gasteiger partial charge in [0.2, 0.25) is 0 Å². The van der Waals surface area contributed by atoms with Crippen LogP contribution in [0.2, 0.25) is 0 Å². The molecular weight excluding hydrogens is 152 g/mol. The number of nitrogens with two attached hydrogens (primary N) is 1. The first-order chi connectivity index (χ1) is 5.65. The van der Waals surface area contributed by atoms with Gasteiger partial charge in [0.05, 0.1) is 18.3 Å². The van der Waals surface area contributed by atoms with E-state index >= 15 is 0 Å². The Labute approximate surface area is 72.2 Å². The molecule has 1 aromatic rings. The van der Waals surface area contributed by atoms with E-state index in [0.29, 0.717) is 0 Å². The Morgan fingerprint density at radius 1 is 1.50 bits per heavy atom. The molecule has 0 spiro atoms. The SMILES string of the molecule is Cc1ccc(C(N)CO)nc1C. The maximum Gasteiger partial charge on any atom is 0.0705 e. The summed E-state index contributed by atoms with van der Waals surface area (Å²) in [4.78, 5) is 4.26. The summed E-state index contributed by atoms with van der Waals surface area (Å²) in [6.45, 7) is 3.87. The van der Waals surface area contributed by atoms with Crippen molar-refractivity contribution in [3.05, 3.63) is 29.1 Å². The lowest BCUT2D eigenvalue weighted by Gasteiger charge is -2.08. The van der Waals surface area contributed by atoms with Gasteiger partial charge >= 0.3 is 0 Å². The molecule has 66 valence electrons. The maximum atomic E-state index is 8.78. The molecule has 1 atom stereocenters. The molecule has 0 fully saturated rings. The van der Waals surface area contributed by atoms with Crippen LogP contribution in [0.15, 0.2) is 12.1 Å². The second-order valence-electron chi connectivity index (χ2n) is 2.93. The highest BCUT2D eigenvalue weighted by atomic mass is 16.3. The average Bonchev–Trinajstić information content (AvgIpc) is 2.08. The van der Waals surface area contributed by atoms with E-state index in [1.54, 1.807) is 0 Å². The minimum Gasteiger partial charge on any atom is -0.394 e. The van der Waals surface area contributed by atoms with Crippen LogP contribution in [0.25, 0.3) is 0 Å². The van der Waals surface area contributed by atoms with Crippen LogP contribution in [0.4, 0.5) is 0 Å². The molecule has 0 aliphatic carbocycles. The van der Waals surface area contributed by atoms with Gasteiger partial charge in [0.25, 0.3) is 0 Å². The molecule has 3 nitrogen and oxygen atoms in total. The first-order valence-electron chi connectivity index (χ1n) is 3.95. The van der Waals surface area contributed by atoms with Crippen LogP contribution in [0.5, 0.6) is 0 Å². The van der Waals surface area contributed by atoms with Crippen LogP contribution in [-0.2, 0) is 0 Å². The highest BCUT2D eigenvalue weighted by molar-refractivity contribution is 5.21. The molecule has 0 amide bonds. The summed E-state index contributed by atoms with van der Waals surface area (Å²) in [6.07, 6.45) is 0. The lowest BCUT2D eigenvalue weighted by molar-refractivity contribution is 0.266. The Balaban J connectivity index is 2.96. The Kier molecular flexibility index (Phi) is 2.78. The third-order valence-corrected chi connectivity index (χ3v) is 1.95. The fourth-order valence-electron chi connectivity index (χ4n) is 0.950. The van der Waals surface area contributed by atoms with Crippen molar-refractivity contribution in [2.45, 2.75) is 19.9 Å². The molecule has 3 heteroatoms. The van der Waals surface area contributed by atoms with E-state index in [1.807, 2.05) is 26.0 Å². The van der Waals surface area contributed by atoms with E-state index in [4.69, 9.17) is 10.8 Å². The van der Waals surface area contributed by atoms with Gasteiger partial charge in [0.1, 0.15) is 0 Å². The number of aryl methyl sites for hydroxylation is 2. The van der Waals surface area contributed by atoms with Gasteiger partial charge in [0.15, 0.2) is 0 Å². The molecule has 3 N–H and O–H groups in total. The van der Waals surface area contributed by atoms with E-state index in [-0.39, 0.29) is 12.6 Å². The molecular formula is C9H14N2O. The number of nitrogens with zero attached hydrogens (tertiary/aromatic N) is 1. The summed E-state index contributed by atoms with van der Waals surface area (Å²) in [7, 11) is 0. The predicted molar refractivity (Wildman–Crippen MR) is 47.7 cm³/mol. The van der Waals surface area contributed by atoms with Gasteiger partial charge < -0.3 is 10.8 Å². The molecule has 0 aliphatic heterocycles. The van der Waals surface area contributed by atoms with Crippen LogP contribution in [0, 0.1) is 13.8 Å². The van der Waals surface area contributed by atoms with Crippen LogP contribution in [-0.4, -0.2) is 16.7 Å². The normalized spacial score (nSPS) is 13.0. The Bertz CT molecular complexity index is 273. The molecule has 0 saturated heterocycles. The molecule has 0 bridgehead atoms. The fraction of sp³-hybridized carbons (Fsp3) is 0.444. The number of hydrogen-bond acceptors (Lipinski definition) is 3. The zero-order valence-electron chi connectivity index (χ0n) is 7.41. The zero-order chi connectivity index (χ0) is 9.14. The largest absolute Gasteiger partial charge is 0.394 e. The van der Waals surface area contributed by atoms with Crippen molar-refractivity contribution >= 4 is 0 Å². The number of aliphatic hydroxyl groups excluding tert-OH is 1. The Morgan fingerprint density at radius 3 is 2.67 bits per heavy atom. The zero-order valence-corrected chi connectivity index (χ0v) is 7.41. The van der Waals surface area contributed by atoms with Gasteiger partial charge in [-0.25, -0.2) is 0 Å². The van der Waals surface area contributed by atoms with E-state index in [0.717, 1.165) is 17.0 Å². The minimum atomic E-state index is -0.357. The second-order valence-corrected chi connectivity index (χ2v) is 2.93. The number of aliphatic hydroxyl groups is 1. The summed E-state index contributed by atoms with van der Waals surface area (Å²) in [5, 5.41) is 8.78. The van der Waals surface area contributed by atoms with Gasteiger partial charge in [0, 0.05) is 5.69 Å². The van der Waals surface area contributed by atoms with Crippen LogP contribution >= 0.6 is 0 Å². The monoisotopic (exact) mass is 166 g/mol. The first kappa shape index (κ1) is 9.16. The highest BCUT2D eigenvalue weighted by Crippen LogP contribution is 2.10. The summed E-state index contributed by atoms with van der Waals surface area (Å²) in [5.74, 6) is 0. The van der Waals surface area contributed by atoms with Gasteiger partial charge in [-0.3, -0.25) is 4.98 Å². The quantitative estimate of drug-likeness (QED) is 0.679. The second kappa shape index (κ2) is 3.65. The van der Waals surface area contributed by atoms with Gasteiger partial charge in [-0.15, -0.1) is 0 Å². The number of pyridine rings is 1. The molecule has 1 heterocycles. The number of hydrogen-bond donors (Lipinski definition) is 2.